The monoisotopic (exact) mass is 423 g/mol. The molecule has 0 saturated carbocycles. The summed E-state index contributed by atoms with van der Waals surface area (Å²) in [7, 11) is 0. The number of anilines is 1. The van der Waals surface area contributed by atoms with E-state index in [0.717, 1.165) is 22.4 Å². The van der Waals surface area contributed by atoms with E-state index in [-0.39, 0.29) is 5.91 Å². The fourth-order valence-corrected chi connectivity index (χ4v) is 3.21. The van der Waals surface area contributed by atoms with E-state index in [1.807, 2.05) is 43.3 Å². The number of tetrazole rings is 1. The summed E-state index contributed by atoms with van der Waals surface area (Å²) >= 11 is 0. The van der Waals surface area contributed by atoms with Crippen LogP contribution in [0.2, 0.25) is 0 Å². The van der Waals surface area contributed by atoms with Crippen LogP contribution in [-0.2, 0) is 0 Å². The van der Waals surface area contributed by atoms with Gasteiger partial charge in [0.05, 0.1) is 5.69 Å². The number of hydrogen-bond acceptors (Lipinski definition) is 7. The molecule has 3 aromatic carbocycles. The normalized spacial score (nSPS) is 10.8. The van der Waals surface area contributed by atoms with Crippen LogP contribution in [0.4, 0.5) is 5.69 Å². The van der Waals surface area contributed by atoms with E-state index in [1.54, 1.807) is 36.4 Å². The third-order valence-corrected chi connectivity index (χ3v) is 4.80. The maximum Gasteiger partial charge on any atom is 0.255 e. The van der Waals surface area contributed by atoms with Crippen molar-refractivity contribution in [2.24, 2.45) is 0 Å². The van der Waals surface area contributed by atoms with Gasteiger partial charge in [0.1, 0.15) is 6.33 Å². The molecule has 2 heterocycles. The molecule has 0 spiro atoms. The summed E-state index contributed by atoms with van der Waals surface area (Å²) in [5, 5.41) is 22.2. The third-order valence-electron chi connectivity index (χ3n) is 4.80. The Bertz CT molecular complexity index is 1380. The molecule has 156 valence electrons. The maximum absolute atomic E-state index is 12.7. The van der Waals surface area contributed by atoms with Crippen molar-refractivity contribution in [1.29, 1.82) is 0 Å². The molecule has 0 atom stereocenters. The van der Waals surface area contributed by atoms with Gasteiger partial charge in [0, 0.05) is 22.4 Å². The zero-order chi connectivity index (χ0) is 21.9. The molecule has 0 saturated heterocycles. The van der Waals surface area contributed by atoms with Gasteiger partial charge in [0.25, 0.3) is 5.91 Å². The highest BCUT2D eigenvalue weighted by Gasteiger charge is 2.12. The van der Waals surface area contributed by atoms with Crippen molar-refractivity contribution in [1.82, 2.24) is 30.4 Å². The molecule has 2 aromatic heterocycles. The molecule has 0 bridgehead atoms. The number of rotatable bonds is 5. The number of amides is 1. The molecule has 0 fully saturated rings. The molecular weight excluding hydrogens is 406 g/mol. The first kappa shape index (κ1) is 19.3. The van der Waals surface area contributed by atoms with Crippen LogP contribution < -0.4 is 5.32 Å². The van der Waals surface area contributed by atoms with Crippen molar-refractivity contribution in [2.75, 3.05) is 5.32 Å². The van der Waals surface area contributed by atoms with E-state index in [4.69, 9.17) is 4.42 Å². The smallest absolute Gasteiger partial charge is 0.255 e. The molecule has 0 radical (unpaired) electrons. The largest absolute Gasteiger partial charge is 0.416 e. The minimum absolute atomic E-state index is 0.239. The van der Waals surface area contributed by atoms with Crippen LogP contribution in [-0.4, -0.2) is 36.3 Å². The second-order valence-electron chi connectivity index (χ2n) is 7.12. The van der Waals surface area contributed by atoms with Crippen molar-refractivity contribution in [3.63, 3.8) is 0 Å². The van der Waals surface area contributed by atoms with Crippen molar-refractivity contribution < 1.29 is 9.21 Å². The zero-order valence-corrected chi connectivity index (χ0v) is 17.0. The summed E-state index contributed by atoms with van der Waals surface area (Å²) < 4.78 is 7.33. The predicted molar refractivity (Wildman–Crippen MR) is 117 cm³/mol. The fourth-order valence-electron chi connectivity index (χ4n) is 3.21. The Hall–Kier alpha value is -4.66. The molecule has 5 rings (SSSR count). The first-order valence-electron chi connectivity index (χ1n) is 9.81. The first-order chi connectivity index (χ1) is 15.7. The molecular formula is C23H17N7O2. The molecule has 0 unspecified atom stereocenters. The Morgan fingerprint density at radius 2 is 1.69 bits per heavy atom. The highest BCUT2D eigenvalue weighted by Crippen LogP contribution is 2.25. The van der Waals surface area contributed by atoms with Crippen molar-refractivity contribution in [2.45, 2.75) is 6.92 Å². The topological polar surface area (TPSA) is 112 Å². The number of aryl methyl sites for hydroxylation is 1. The van der Waals surface area contributed by atoms with E-state index in [2.05, 4.69) is 31.0 Å². The third kappa shape index (κ3) is 3.99. The summed E-state index contributed by atoms with van der Waals surface area (Å²) in [4.78, 5) is 12.7. The quantitative estimate of drug-likeness (QED) is 0.456. The van der Waals surface area contributed by atoms with Crippen molar-refractivity contribution >= 4 is 11.6 Å². The number of nitrogens with zero attached hydrogens (tertiary/aromatic N) is 6. The summed E-state index contributed by atoms with van der Waals surface area (Å²) in [6.07, 6.45) is 1.49. The summed E-state index contributed by atoms with van der Waals surface area (Å²) in [5.41, 5.74) is 4.58. The second-order valence-corrected chi connectivity index (χ2v) is 7.12. The molecule has 0 aliphatic carbocycles. The number of nitrogens with one attached hydrogen (secondary N) is 1. The summed E-state index contributed by atoms with van der Waals surface area (Å²) in [5.74, 6) is 0.604. The minimum Gasteiger partial charge on any atom is -0.416 e. The van der Waals surface area contributed by atoms with Crippen molar-refractivity contribution in [3.05, 3.63) is 90.3 Å². The molecule has 9 nitrogen and oxygen atoms in total. The SMILES string of the molecule is Cc1cccc(-c2nnc(-c3ccc(C(=O)Nc4cccc(-n5cnnn5)c4)cc3)o2)c1. The van der Waals surface area contributed by atoms with Crippen LogP contribution in [0.1, 0.15) is 15.9 Å². The lowest BCUT2D eigenvalue weighted by atomic mass is 10.1. The lowest BCUT2D eigenvalue weighted by molar-refractivity contribution is 0.102. The average Bonchev–Trinajstić information content (AvgIpc) is 3.52. The number of benzene rings is 3. The molecule has 1 N–H and O–H groups in total. The number of carbonyl (C=O) groups is 1. The minimum atomic E-state index is -0.239. The molecule has 5 aromatic rings. The van der Waals surface area contributed by atoms with Gasteiger partial charge in [0.15, 0.2) is 0 Å². The van der Waals surface area contributed by atoms with E-state index in [9.17, 15) is 4.79 Å². The molecule has 0 aliphatic rings. The standard InChI is InChI=1S/C23H17N7O2/c1-15-4-2-5-18(12-15)23-27-26-22(32-23)17-10-8-16(9-11-17)21(31)25-19-6-3-7-20(13-19)30-14-24-28-29-30/h2-14H,1H3,(H,25,31). The molecule has 32 heavy (non-hydrogen) atoms. The Labute approximate surface area is 182 Å². The summed E-state index contributed by atoms with van der Waals surface area (Å²) in [6, 6.07) is 22.1. The van der Waals surface area contributed by atoms with E-state index >= 15 is 0 Å². The van der Waals surface area contributed by atoms with Gasteiger partial charge in [-0.15, -0.1) is 15.3 Å². The second kappa shape index (κ2) is 8.23. The van der Waals surface area contributed by atoms with Crippen LogP contribution in [0.5, 0.6) is 0 Å². The van der Waals surface area contributed by atoms with Gasteiger partial charge in [0.2, 0.25) is 11.8 Å². The van der Waals surface area contributed by atoms with Crippen LogP contribution in [0.3, 0.4) is 0 Å². The van der Waals surface area contributed by atoms with Gasteiger partial charge >= 0.3 is 0 Å². The summed E-state index contributed by atoms with van der Waals surface area (Å²) in [6.45, 7) is 2.01. The Morgan fingerprint density at radius 3 is 2.44 bits per heavy atom. The van der Waals surface area contributed by atoms with Gasteiger partial charge < -0.3 is 9.73 Å². The van der Waals surface area contributed by atoms with E-state index in [0.29, 0.717) is 23.0 Å². The maximum atomic E-state index is 12.7. The molecule has 0 aliphatic heterocycles. The fraction of sp³-hybridized carbons (Fsp3) is 0.0435. The average molecular weight is 423 g/mol. The molecule has 9 heteroatoms. The van der Waals surface area contributed by atoms with Crippen LogP contribution in [0.25, 0.3) is 28.6 Å². The lowest BCUT2D eigenvalue weighted by Crippen LogP contribution is -2.12. The van der Waals surface area contributed by atoms with E-state index < -0.39 is 0 Å². The number of aromatic nitrogens is 6. The lowest BCUT2D eigenvalue weighted by Gasteiger charge is -2.07. The highest BCUT2D eigenvalue weighted by atomic mass is 16.4. The van der Waals surface area contributed by atoms with Gasteiger partial charge in [-0.2, -0.15) is 0 Å². The number of hydrogen-bond donors (Lipinski definition) is 1. The Kier molecular flexibility index (Phi) is 4.97. The van der Waals surface area contributed by atoms with Gasteiger partial charge in [-0.05, 0) is 71.9 Å². The Morgan fingerprint density at radius 1 is 0.906 bits per heavy atom. The van der Waals surface area contributed by atoms with Crippen LogP contribution in [0.15, 0.2) is 83.5 Å². The van der Waals surface area contributed by atoms with Crippen LogP contribution >= 0.6 is 0 Å². The van der Waals surface area contributed by atoms with Gasteiger partial charge in [-0.1, -0.05) is 23.8 Å². The first-order valence-corrected chi connectivity index (χ1v) is 9.81. The zero-order valence-electron chi connectivity index (χ0n) is 17.0. The van der Waals surface area contributed by atoms with Crippen LogP contribution in [0, 0.1) is 6.92 Å². The Balaban J connectivity index is 1.31. The predicted octanol–water partition coefficient (Wildman–Crippen LogP) is 3.94. The van der Waals surface area contributed by atoms with E-state index in [1.165, 1.54) is 11.0 Å². The number of carbonyl (C=O) groups excluding carboxylic acids is 1. The van der Waals surface area contributed by atoms with Crippen molar-refractivity contribution in [3.8, 4) is 28.6 Å². The molecule has 1 amide bonds. The van der Waals surface area contributed by atoms with Gasteiger partial charge in [-0.25, -0.2) is 4.68 Å². The highest BCUT2D eigenvalue weighted by molar-refractivity contribution is 6.04. The van der Waals surface area contributed by atoms with Gasteiger partial charge in [-0.3, -0.25) is 4.79 Å².